The third-order valence-corrected chi connectivity index (χ3v) is 3.82. The van der Waals surface area contributed by atoms with Gasteiger partial charge in [-0.3, -0.25) is 4.98 Å². The molecule has 2 heterocycles. The van der Waals surface area contributed by atoms with Gasteiger partial charge >= 0.3 is 0 Å². The van der Waals surface area contributed by atoms with E-state index in [1.807, 2.05) is 42.5 Å². The fourth-order valence-corrected chi connectivity index (χ4v) is 2.47. The van der Waals surface area contributed by atoms with Crippen molar-refractivity contribution in [3.05, 3.63) is 64.9 Å². The monoisotopic (exact) mass is 350 g/mol. The zero-order chi connectivity index (χ0) is 15.5. The van der Waals surface area contributed by atoms with Gasteiger partial charge in [0.2, 0.25) is 0 Å². The number of aromatic nitrogens is 2. The zero-order valence-electron chi connectivity index (χ0n) is 11.5. The van der Waals surface area contributed by atoms with Crippen LogP contribution >= 0.6 is 15.9 Å². The van der Waals surface area contributed by atoms with Crippen LogP contribution in [0.4, 0.5) is 5.82 Å². The van der Waals surface area contributed by atoms with Crippen molar-refractivity contribution in [2.24, 2.45) is 0 Å². The summed E-state index contributed by atoms with van der Waals surface area (Å²) in [5.41, 5.74) is 9.68. The number of hydrogen-bond acceptors (Lipinski definition) is 4. The van der Waals surface area contributed by atoms with Crippen molar-refractivity contribution in [3.8, 4) is 28.5 Å². The van der Waals surface area contributed by atoms with Crippen LogP contribution in [0.3, 0.4) is 0 Å². The van der Waals surface area contributed by atoms with Crippen molar-refractivity contribution in [1.29, 1.82) is 5.26 Å². The molecular formula is C17H11BrN4. The van der Waals surface area contributed by atoms with E-state index in [0.29, 0.717) is 5.56 Å². The quantitative estimate of drug-likeness (QED) is 0.756. The van der Waals surface area contributed by atoms with Crippen LogP contribution < -0.4 is 5.73 Å². The Labute approximate surface area is 136 Å². The predicted octanol–water partition coefficient (Wildman–Crippen LogP) is 4.03. The summed E-state index contributed by atoms with van der Waals surface area (Å²) in [5, 5.41) is 9.37. The molecule has 106 valence electrons. The molecule has 1 aromatic carbocycles. The fraction of sp³-hybridized carbons (Fsp3) is 0. The zero-order valence-corrected chi connectivity index (χ0v) is 13.1. The normalized spacial score (nSPS) is 10.2. The van der Waals surface area contributed by atoms with Crippen LogP contribution in [0.5, 0.6) is 0 Å². The summed E-state index contributed by atoms with van der Waals surface area (Å²) in [7, 11) is 0. The van der Waals surface area contributed by atoms with E-state index < -0.39 is 0 Å². The second kappa shape index (κ2) is 5.96. The van der Waals surface area contributed by atoms with Crippen LogP contribution in [0.25, 0.3) is 22.4 Å². The van der Waals surface area contributed by atoms with Crippen molar-refractivity contribution in [3.63, 3.8) is 0 Å². The number of nitrogen functional groups attached to an aromatic ring is 1. The molecule has 0 bridgehead atoms. The predicted molar refractivity (Wildman–Crippen MR) is 89.7 cm³/mol. The second-order valence-corrected chi connectivity index (χ2v) is 5.59. The maximum atomic E-state index is 9.37. The lowest BCUT2D eigenvalue weighted by molar-refractivity contribution is 1.29. The molecule has 0 aliphatic rings. The summed E-state index contributed by atoms with van der Waals surface area (Å²) in [6.07, 6.45) is 3.37. The highest BCUT2D eigenvalue weighted by Crippen LogP contribution is 2.31. The fourth-order valence-electron chi connectivity index (χ4n) is 2.21. The van der Waals surface area contributed by atoms with E-state index in [9.17, 15) is 5.26 Å². The van der Waals surface area contributed by atoms with Gasteiger partial charge in [0.1, 0.15) is 17.5 Å². The van der Waals surface area contributed by atoms with E-state index in [1.54, 1.807) is 12.4 Å². The first kappa shape index (κ1) is 14.2. The molecular weight excluding hydrogens is 340 g/mol. The Morgan fingerprint density at radius 1 is 1.00 bits per heavy atom. The van der Waals surface area contributed by atoms with Gasteiger partial charge in [0.25, 0.3) is 0 Å². The number of nitriles is 1. The van der Waals surface area contributed by atoms with Crippen LogP contribution in [0, 0.1) is 11.3 Å². The number of anilines is 1. The minimum atomic E-state index is 0.231. The molecule has 0 saturated heterocycles. The molecule has 0 spiro atoms. The maximum Gasteiger partial charge on any atom is 0.142 e. The van der Waals surface area contributed by atoms with Crippen LogP contribution in [0.2, 0.25) is 0 Å². The molecule has 0 aliphatic heterocycles. The highest BCUT2D eigenvalue weighted by molar-refractivity contribution is 9.10. The van der Waals surface area contributed by atoms with E-state index in [1.165, 1.54) is 0 Å². The van der Waals surface area contributed by atoms with Gasteiger partial charge in [-0.2, -0.15) is 5.26 Å². The lowest BCUT2D eigenvalue weighted by Crippen LogP contribution is -1.99. The van der Waals surface area contributed by atoms with Crippen molar-refractivity contribution in [2.45, 2.75) is 0 Å². The first-order chi connectivity index (χ1) is 10.7. The summed E-state index contributed by atoms with van der Waals surface area (Å²) in [5.74, 6) is 0.231. The molecule has 0 unspecified atom stereocenters. The Bertz CT molecular complexity index is 852. The third-order valence-electron chi connectivity index (χ3n) is 3.29. The van der Waals surface area contributed by atoms with Gasteiger partial charge in [-0.1, -0.05) is 28.1 Å². The second-order valence-electron chi connectivity index (χ2n) is 4.67. The van der Waals surface area contributed by atoms with E-state index in [2.05, 4.69) is 32.0 Å². The minimum absolute atomic E-state index is 0.231. The average molecular weight is 351 g/mol. The summed E-state index contributed by atoms with van der Waals surface area (Å²) in [6, 6.07) is 15.5. The molecule has 0 amide bonds. The van der Waals surface area contributed by atoms with Gasteiger partial charge in [-0.15, -0.1) is 0 Å². The number of halogens is 1. The molecule has 0 aliphatic carbocycles. The molecule has 3 aromatic rings. The van der Waals surface area contributed by atoms with E-state index in [0.717, 1.165) is 26.9 Å². The largest absolute Gasteiger partial charge is 0.383 e. The van der Waals surface area contributed by atoms with Gasteiger partial charge < -0.3 is 5.73 Å². The van der Waals surface area contributed by atoms with Crippen LogP contribution in [-0.2, 0) is 0 Å². The van der Waals surface area contributed by atoms with Gasteiger partial charge in [0.05, 0.1) is 5.69 Å². The minimum Gasteiger partial charge on any atom is -0.383 e. The number of hydrogen-bond donors (Lipinski definition) is 1. The molecule has 0 fully saturated rings. The standard InChI is InChI=1S/C17H11BrN4/c18-13-3-1-12(2-4-13)16-9-14(11-5-7-21-8-6-11)15(10-19)17(20)22-16/h1-9H,(H2,20,22). The molecule has 3 rings (SSSR count). The molecule has 2 aromatic heterocycles. The highest BCUT2D eigenvalue weighted by Gasteiger charge is 2.13. The Morgan fingerprint density at radius 2 is 1.68 bits per heavy atom. The molecule has 22 heavy (non-hydrogen) atoms. The van der Waals surface area contributed by atoms with Crippen molar-refractivity contribution in [1.82, 2.24) is 9.97 Å². The van der Waals surface area contributed by atoms with Crippen molar-refractivity contribution < 1.29 is 0 Å². The Kier molecular flexibility index (Phi) is 3.86. The molecule has 0 saturated carbocycles. The third kappa shape index (κ3) is 2.69. The number of nitrogens with two attached hydrogens (primary N) is 1. The van der Waals surface area contributed by atoms with E-state index in [-0.39, 0.29) is 5.82 Å². The Balaban J connectivity index is 2.21. The summed E-state index contributed by atoms with van der Waals surface area (Å²) in [6.45, 7) is 0. The highest BCUT2D eigenvalue weighted by atomic mass is 79.9. The summed E-state index contributed by atoms with van der Waals surface area (Å²) in [4.78, 5) is 8.36. The van der Waals surface area contributed by atoms with Gasteiger partial charge in [0.15, 0.2) is 0 Å². The van der Waals surface area contributed by atoms with Gasteiger partial charge in [-0.25, -0.2) is 4.98 Å². The smallest absolute Gasteiger partial charge is 0.142 e. The Morgan fingerprint density at radius 3 is 2.32 bits per heavy atom. The molecule has 0 atom stereocenters. The SMILES string of the molecule is N#Cc1c(-c2ccncc2)cc(-c2ccc(Br)cc2)nc1N. The number of pyridine rings is 2. The molecule has 5 heteroatoms. The lowest BCUT2D eigenvalue weighted by atomic mass is 9.99. The van der Waals surface area contributed by atoms with Gasteiger partial charge in [0, 0.05) is 28.0 Å². The number of benzene rings is 1. The first-order valence-electron chi connectivity index (χ1n) is 6.56. The van der Waals surface area contributed by atoms with Crippen LogP contribution in [0.1, 0.15) is 5.56 Å². The summed E-state index contributed by atoms with van der Waals surface area (Å²) >= 11 is 3.41. The Hall–Kier alpha value is -2.71. The maximum absolute atomic E-state index is 9.37. The van der Waals surface area contributed by atoms with E-state index in [4.69, 9.17) is 5.73 Å². The summed E-state index contributed by atoms with van der Waals surface area (Å²) < 4.78 is 0.993. The van der Waals surface area contributed by atoms with E-state index >= 15 is 0 Å². The number of rotatable bonds is 2. The number of nitrogens with zero attached hydrogens (tertiary/aromatic N) is 3. The van der Waals surface area contributed by atoms with Gasteiger partial charge in [-0.05, 0) is 35.9 Å². The molecule has 4 nitrogen and oxygen atoms in total. The van der Waals surface area contributed by atoms with Crippen LogP contribution in [-0.4, -0.2) is 9.97 Å². The van der Waals surface area contributed by atoms with Crippen LogP contribution in [0.15, 0.2) is 59.3 Å². The lowest BCUT2D eigenvalue weighted by Gasteiger charge is -2.10. The topological polar surface area (TPSA) is 75.6 Å². The van der Waals surface area contributed by atoms with Crippen molar-refractivity contribution >= 4 is 21.7 Å². The van der Waals surface area contributed by atoms with Crippen molar-refractivity contribution in [2.75, 3.05) is 5.73 Å². The molecule has 0 radical (unpaired) electrons. The molecule has 2 N–H and O–H groups in total. The first-order valence-corrected chi connectivity index (χ1v) is 7.35. The average Bonchev–Trinajstić information content (AvgIpc) is 2.55.